The molecule has 1 aromatic heterocycles. The Balaban J connectivity index is 1.54. The van der Waals surface area contributed by atoms with Crippen molar-refractivity contribution in [2.24, 2.45) is 0 Å². The quantitative estimate of drug-likeness (QED) is 0.428. The van der Waals surface area contributed by atoms with E-state index in [9.17, 15) is 18.0 Å². The first-order valence-electron chi connectivity index (χ1n) is 9.56. The van der Waals surface area contributed by atoms with E-state index in [-0.39, 0.29) is 37.2 Å². The summed E-state index contributed by atoms with van der Waals surface area (Å²) in [5, 5.41) is 6.59. The Hall–Kier alpha value is -3.05. The summed E-state index contributed by atoms with van der Waals surface area (Å²) in [5.74, 6) is -1.43. The number of hydrogen-bond donors (Lipinski definition) is 2. The second-order valence-corrected chi connectivity index (χ2v) is 10.1. The topological polar surface area (TPSA) is 122 Å². The molecule has 34 heavy (non-hydrogen) atoms. The maximum absolute atomic E-state index is 12.9. The summed E-state index contributed by atoms with van der Waals surface area (Å²) >= 11 is 18.0. The van der Waals surface area contributed by atoms with Crippen LogP contribution >= 0.6 is 34.8 Å². The van der Waals surface area contributed by atoms with Gasteiger partial charge in [0, 0.05) is 11.3 Å². The van der Waals surface area contributed by atoms with Crippen LogP contribution < -0.4 is 14.9 Å². The molecule has 9 nitrogen and oxygen atoms in total. The van der Waals surface area contributed by atoms with Crippen LogP contribution in [0.2, 0.25) is 10.0 Å². The Morgan fingerprint density at radius 3 is 2.21 bits per heavy atom. The molecule has 0 saturated carbocycles. The molecule has 1 aliphatic rings. The monoisotopic (exact) mass is 540 g/mol. The number of carbonyl (C=O) groups is 2. The van der Waals surface area contributed by atoms with E-state index >= 15 is 0 Å². The van der Waals surface area contributed by atoms with Crippen molar-refractivity contribution < 1.29 is 22.5 Å². The molecule has 0 radical (unpaired) electrons. The van der Waals surface area contributed by atoms with Gasteiger partial charge in [-0.3, -0.25) is 9.59 Å². The molecular weight excluding hydrogens is 527 g/mol. The smallest absolute Gasteiger partial charge is 0.283 e. The summed E-state index contributed by atoms with van der Waals surface area (Å²) < 4.78 is 32.6. The second-order valence-electron chi connectivity index (χ2n) is 7.21. The molecule has 2 N–H and O–H groups in total. The zero-order chi connectivity index (χ0) is 24.8. The SMILES string of the molecule is Cc1noc(NS(=O)(=O)c2ccc(NC3=C(Cl)C(=O)N(c4ccc(Cl)c(Cl)c4)C3=O)cc2)c1C. The molecule has 1 aliphatic heterocycles. The van der Waals surface area contributed by atoms with E-state index in [1.807, 2.05) is 0 Å². The Morgan fingerprint density at radius 2 is 1.62 bits per heavy atom. The molecule has 0 unspecified atom stereocenters. The number of imide groups is 1. The third-order valence-corrected chi connectivity index (χ3v) is 7.44. The zero-order valence-electron chi connectivity index (χ0n) is 17.5. The van der Waals surface area contributed by atoms with Crippen LogP contribution in [0.25, 0.3) is 0 Å². The van der Waals surface area contributed by atoms with E-state index in [1.54, 1.807) is 13.8 Å². The van der Waals surface area contributed by atoms with Crippen molar-refractivity contribution >= 4 is 73.9 Å². The number of benzene rings is 2. The second kappa shape index (κ2) is 8.95. The van der Waals surface area contributed by atoms with Gasteiger partial charge < -0.3 is 9.84 Å². The fraction of sp³-hybridized carbons (Fsp3) is 0.0952. The Bertz CT molecular complexity index is 1470. The lowest BCUT2D eigenvalue weighted by atomic mass is 10.3. The third-order valence-electron chi connectivity index (χ3n) is 5.01. The van der Waals surface area contributed by atoms with Crippen molar-refractivity contribution in [1.29, 1.82) is 0 Å². The Kier molecular flexibility index (Phi) is 6.34. The van der Waals surface area contributed by atoms with Gasteiger partial charge in [-0.05, 0) is 56.3 Å². The van der Waals surface area contributed by atoms with Gasteiger partial charge in [-0.15, -0.1) is 0 Å². The summed E-state index contributed by atoms with van der Waals surface area (Å²) in [6.07, 6.45) is 0. The number of nitrogens with zero attached hydrogens (tertiary/aromatic N) is 2. The molecule has 0 bridgehead atoms. The van der Waals surface area contributed by atoms with Gasteiger partial charge in [0.25, 0.3) is 21.8 Å². The van der Waals surface area contributed by atoms with Gasteiger partial charge in [0.05, 0.1) is 26.3 Å². The van der Waals surface area contributed by atoms with Crippen molar-refractivity contribution in [2.75, 3.05) is 14.9 Å². The van der Waals surface area contributed by atoms with Crippen molar-refractivity contribution in [3.8, 4) is 0 Å². The molecule has 3 aromatic rings. The number of amides is 2. The van der Waals surface area contributed by atoms with Gasteiger partial charge in [-0.2, -0.15) is 0 Å². The minimum absolute atomic E-state index is 0.0223. The molecule has 2 aromatic carbocycles. The molecule has 0 atom stereocenters. The highest BCUT2D eigenvalue weighted by molar-refractivity contribution is 7.92. The van der Waals surface area contributed by atoms with Gasteiger partial charge in [0.2, 0.25) is 5.88 Å². The standard InChI is InChI=1S/C21H15Cl3N4O5S/c1-10-11(2)26-33-19(10)27-34(31,32)14-6-3-12(4-7-14)25-18-17(24)20(29)28(21(18)30)13-5-8-15(22)16(23)9-13/h3-9,25,27H,1-2H3. The third kappa shape index (κ3) is 4.37. The van der Waals surface area contributed by atoms with E-state index in [0.717, 1.165) is 4.90 Å². The van der Waals surface area contributed by atoms with Crippen molar-refractivity contribution in [1.82, 2.24) is 5.16 Å². The van der Waals surface area contributed by atoms with Crippen LogP contribution in [-0.2, 0) is 19.6 Å². The van der Waals surface area contributed by atoms with E-state index in [0.29, 0.717) is 16.9 Å². The largest absolute Gasteiger partial charge is 0.350 e. The molecule has 176 valence electrons. The normalized spacial score (nSPS) is 14.2. The van der Waals surface area contributed by atoms with Crippen LogP contribution in [0.4, 0.5) is 17.3 Å². The van der Waals surface area contributed by atoms with E-state index in [4.69, 9.17) is 39.3 Å². The average molecular weight is 542 g/mol. The predicted octanol–water partition coefficient (Wildman–Crippen LogP) is 4.83. The fourth-order valence-electron chi connectivity index (χ4n) is 3.02. The molecule has 13 heteroatoms. The number of hydrogen-bond acceptors (Lipinski definition) is 7. The number of halogens is 3. The van der Waals surface area contributed by atoms with Crippen LogP contribution in [0.15, 0.2) is 62.6 Å². The van der Waals surface area contributed by atoms with E-state index in [2.05, 4.69) is 15.2 Å². The number of anilines is 3. The summed E-state index contributed by atoms with van der Waals surface area (Å²) in [7, 11) is -3.95. The molecule has 2 heterocycles. The lowest BCUT2D eigenvalue weighted by Crippen LogP contribution is -2.32. The van der Waals surface area contributed by atoms with Crippen LogP contribution in [0.3, 0.4) is 0 Å². The Morgan fingerprint density at radius 1 is 0.941 bits per heavy atom. The first-order chi connectivity index (χ1) is 16.0. The van der Waals surface area contributed by atoms with Crippen LogP contribution in [0.1, 0.15) is 11.3 Å². The van der Waals surface area contributed by atoms with Crippen molar-refractivity contribution in [2.45, 2.75) is 18.7 Å². The van der Waals surface area contributed by atoms with E-state index < -0.39 is 21.8 Å². The zero-order valence-corrected chi connectivity index (χ0v) is 20.6. The van der Waals surface area contributed by atoms with E-state index in [1.165, 1.54) is 42.5 Å². The molecule has 0 aliphatic carbocycles. The number of rotatable bonds is 6. The highest BCUT2D eigenvalue weighted by Crippen LogP contribution is 2.33. The Labute approximate surface area is 209 Å². The lowest BCUT2D eigenvalue weighted by molar-refractivity contribution is -0.120. The minimum Gasteiger partial charge on any atom is -0.350 e. The maximum atomic E-state index is 12.9. The number of sulfonamides is 1. The van der Waals surface area contributed by atoms with Crippen LogP contribution in [0, 0.1) is 13.8 Å². The average Bonchev–Trinajstić information content (AvgIpc) is 3.21. The molecule has 0 spiro atoms. The highest BCUT2D eigenvalue weighted by atomic mass is 35.5. The van der Waals surface area contributed by atoms with Gasteiger partial charge >= 0.3 is 0 Å². The number of carbonyl (C=O) groups excluding carboxylic acids is 2. The fourth-order valence-corrected chi connectivity index (χ4v) is 4.57. The van der Waals surface area contributed by atoms with Gasteiger partial charge in [0.1, 0.15) is 10.7 Å². The first-order valence-corrected chi connectivity index (χ1v) is 12.2. The van der Waals surface area contributed by atoms with Crippen molar-refractivity contribution in [3.63, 3.8) is 0 Å². The minimum atomic E-state index is -3.95. The number of aromatic nitrogens is 1. The predicted molar refractivity (Wildman–Crippen MR) is 129 cm³/mol. The summed E-state index contributed by atoms with van der Waals surface area (Å²) in [6, 6.07) is 9.76. The van der Waals surface area contributed by atoms with Crippen LogP contribution in [-0.4, -0.2) is 25.4 Å². The molecule has 0 saturated heterocycles. The van der Waals surface area contributed by atoms with Crippen LogP contribution in [0.5, 0.6) is 0 Å². The molecule has 2 amide bonds. The summed E-state index contributed by atoms with van der Waals surface area (Å²) in [4.78, 5) is 26.3. The molecule has 4 rings (SSSR count). The molecular formula is C21H15Cl3N4O5S. The van der Waals surface area contributed by atoms with Gasteiger partial charge in [-0.25, -0.2) is 18.0 Å². The van der Waals surface area contributed by atoms with Crippen molar-refractivity contribution in [3.05, 3.63) is 74.5 Å². The summed E-state index contributed by atoms with van der Waals surface area (Å²) in [5.41, 5.74) is 1.49. The van der Waals surface area contributed by atoms with Gasteiger partial charge in [-0.1, -0.05) is 40.0 Å². The van der Waals surface area contributed by atoms with Gasteiger partial charge in [0.15, 0.2) is 0 Å². The first kappa shape index (κ1) is 24.1. The maximum Gasteiger partial charge on any atom is 0.283 e. The highest BCUT2D eigenvalue weighted by Gasteiger charge is 2.39. The number of aryl methyl sites for hydroxylation is 1. The number of nitrogens with one attached hydrogen (secondary N) is 2. The molecule has 0 fully saturated rings. The summed E-state index contributed by atoms with van der Waals surface area (Å²) in [6.45, 7) is 3.37. The lowest BCUT2D eigenvalue weighted by Gasteiger charge is -2.15.